The molecule has 6 heteroatoms. The lowest BCUT2D eigenvalue weighted by atomic mass is 10.2. The summed E-state index contributed by atoms with van der Waals surface area (Å²) in [6.07, 6.45) is 4.88. The standard InChI is InChI=1S/C14H11N5O/c15-13-6-8-19(14(20)18-13)10-4-5-12(17-9-10)11-3-1-2-7-16-11/h1-9H,(H2,15,18,20). The highest BCUT2D eigenvalue weighted by atomic mass is 16.1. The monoisotopic (exact) mass is 265 g/mol. The summed E-state index contributed by atoms with van der Waals surface area (Å²) >= 11 is 0. The van der Waals surface area contributed by atoms with E-state index in [9.17, 15) is 4.79 Å². The summed E-state index contributed by atoms with van der Waals surface area (Å²) in [6, 6.07) is 10.8. The fraction of sp³-hybridized carbons (Fsp3) is 0. The van der Waals surface area contributed by atoms with Crippen molar-refractivity contribution in [3.63, 3.8) is 0 Å². The van der Waals surface area contributed by atoms with Gasteiger partial charge in [0.1, 0.15) is 5.82 Å². The van der Waals surface area contributed by atoms with Crippen LogP contribution < -0.4 is 11.4 Å². The second-order valence-electron chi connectivity index (χ2n) is 4.12. The van der Waals surface area contributed by atoms with Gasteiger partial charge in [-0.25, -0.2) is 4.79 Å². The average Bonchev–Trinajstić information content (AvgIpc) is 2.48. The zero-order valence-corrected chi connectivity index (χ0v) is 10.5. The van der Waals surface area contributed by atoms with Crippen molar-refractivity contribution >= 4 is 5.82 Å². The fourth-order valence-electron chi connectivity index (χ4n) is 1.81. The molecule has 3 aromatic rings. The van der Waals surface area contributed by atoms with Crippen LogP contribution in [0.2, 0.25) is 0 Å². The topological polar surface area (TPSA) is 86.7 Å². The van der Waals surface area contributed by atoms with E-state index in [0.717, 1.165) is 11.4 Å². The number of nitrogen functional groups attached to an aromatic ring is 1. The molecule has 0 bridgehead atoms. The van der Waals surface area contributed by atoms with Gasteiger partial charge in [0.25, 0.3) is 0 Å². The summed E-state index contributed by atoms with van der Waals surface area (Å²) in [5, 5.41) is 0. The Labute approximate surface area is 114 Å². The SMILES string of the molecule is Nc1ccn(-c2ccc(-c3ccccn3)nc2)c(=O)n1. The van der Waals surface area contributed by atoms with Crippen LogP contribution in [0.5, 0.6) is 0 Å². The van der Waals surface area contributed by atoms with Crippen LogP contribution in [-0.2, 0) is 0 Å². The molecule has 0 amide bonds. The van der Waals surface area contributed by atoms with E-state index in [2.05, 4.69) is 15.0 Å². The van der Waals surface area contributed by atoms with E-state index in [1.807, 2.05) is 18.2 Å². The Hall–Kier alpha value is -3.02. The fourth-order valence-corrected chi connectivity index (χ4v) is 1.81. The van der Waals surface area contributed by atoms with Gasteiger partial charge in [0, 0.05) is 12.4 Å². The van der Waals surface area contributed by atoms with E-state index >= 15 is 0 Å². The Kier molecular flexibility index (Phi) is 2.96. The molecule has 0 unspecified atom stereocenters. The smallest absolute Gasteiger partial charge is 0.354 e. The van der Waals surface area contributed by atoms with Crippen LogP contribution in [0.15, 0.2) is 59.8 Å². The van der Waals surface area contributed by atoms with Crippen LogP contribution in [0.1, 0.15) is 0 Å². The predicted molar refractivity (Wildman–Crippen MR) is 75.3 cm³/mol. The van der Waals surface area contributed by atoms with Crippen molar-refractivity contribution in [2.24, 2.45) is 0 Å². The minimum atomic E-state index is -0.433. The molecule has 3 aromatic heterocycles. The van der Waals surface area contributed by atoms with E-state index in [-0.39, 0.29) is 5.82 Å². The third-order valence-corrected chi connectivity index (χ3v) is 2.78. The van der Waals surface area contributed by atoms with Crippen molar-refractivity contribution in [2.75, 3.05) is 5.73 Å². The Bertz CT molecular complexity index is 781. The first-order valence-electron chi connectivity index (χ1n) is 5.97. The van der Waals surface area contributed by atoms with E-state index in [1.54, 1.807) is 36.8 Å². The van der Waals surface area contributed by atoms with Gasteiger partial charge in [0.15, 0.2) is 0 Å². The second kappa shape index (κ2) is 4.93. The summed E-state index contributed by atoms with van der Waals surface area (Å²) in [6.45, 7) is 0. The quantitative estimate of drug-likeness (QED) is 0.754. The summed E-state index contributed by atoms with van der Waals surface area (Å²) < 4.78 is 1.38. The van der Waals surface area contributed by atoms with Gasteiger partial charge in [-0.05, 0) is 30.3 Å². The highest BCUT2D eigenvalue weighted by molar-refractivity contribution is 5.54. The Morgan fingerprint density at radius 3 is 2.50 bits per heavy atom. The number of rotatable bonds is 2. The van der Waals surface area contributed by atoms with Crippen LogP contribution in [0.25, 0.3) is 17.1 Å². The first-order valence-corrected chi connectivity index (χ1v) is 5.97. The maximum Gasteiger partial charge on any atom is 0.354 e. The molecule has 2 N–H and O–H groups in total. The number of anilines is 1. The maximum absolute atomic E-state index is 11.7. The number of nitrogens with zero attached hydrogens (tertiary/aromatic N) is 4. The zero-order valence-electron chi connectivity index (χ0n) is 10.5. The molecule has 0 aliphatic carbocycles. The van der Waals surface area contributed by atoms with Crippen LogP contribution in [0.3, 0.4) is 0 Å². The zero-order chi connectivity index (χ0) is 13.9. The molecule has 3 rings (SSSR count). The molecular weight excluding hydrogens is 254 g/mol. The molecule has 0 aliphatic rings. The molecule has 0 atom stereocenters. The van der Waals surface area contributed by atoms with E-state index in [4.69, 9.17) is 5.73 Å². The van der Waals surface area contributed by atoms with Crippen molar-refractivity contribution < 1.29 is 0 Å². The van der Waals surface area contributed by atoms with Crippen molar-refractivity contribution in [1.82, 2.24) is 19.5 Å². The first-order chi connectivity index (χ1) is 9.74. The lowest BCUT2D eigenvalue weighted by Gasteiger charge is -2.05. The normalized spacial score (nSPS) is 10.4. The van der Waals surface area contributed by atoms with Crippen molar-refractivity contribution in [2.45, 2.75) is 0 Å². The second-order valence-corrected chi connectivity index (χ2v) is 4.12. The largest absolute Gasteiger partial charge is 0.383 e. The highest BCUT2D eigenvalue weighted by Gasteiger charge is 2.04. The number of pyridine rings is 2. The van der Waals surface area contributed by atoms with Gasteiger partial charge in [-0.1, -0.05) is 6.07 Å². The Balaban J connectivity index is 2.00. The van der Waals surface area contributed by atoms with Crippen molar-refractivity contribution in [3.05, 3.63) is 65.5 Å². The van der Waals surface area contributed by atoms with Crippen molar-refractivity contribution in [3.8, 4) is 17.1 Å². The van der Waals surface area contributed by atoms with Gasteiger partial charge < -0.3 is 5.73 Å². The molecule has 20 heavy (non-hydrogen) atoms. The molecule has 0 fully saturated rings. The first kappa shape index (κ1) is 12.0. The molecule has 0 aliphatic heterocycles. The lowest BCUT2D eigenvalue weighted by Crippen LogP contribution is -2.21. The molecule has 0 aromatic carbocycles. The highest BCUT2D eigenvalue weighted by Crippen LogP contribution is 2.14. The Morgan fingerprint density at radius 1 is 1.00 bits per heavy atom. The minimum absolute atomic E-state index is 0.198. The average molecular weight is 265 g/mol. The summed E-state index contributed by atoms with van der Waals surface area (Å²) in [5.74, 6) is 0.198. The van der Waals surface area contributed by atoms with Gasteiger partial charge in [-0.15, -0.1) is 0 Å². The van der Waals surface area contributed by atoms with Gasteiger partial charge in [0.05, 0.1) is 23.3 Å². The number of nitrogens with two attached hydrogens (primary N) is 1. The van der Waals surface area contributed by atoms with E-state index < -0.39 is 5.69 Å². The summed E-state index contributed by atoms with van der Waals surface area (Å²) in [4.78, 5) is 23.9. The molecule has 0 spiro atoms. The summed E-state index contributed by atoms with van der Waals surface area (Å²) in [7, 11) is 0. The van der Waals surface area contributed by atoms with Gasteiger partial charge >= 0.3 is 5.69 Å². The van der Waals surface area contributed by atoms with Crippen LogP contribution >= 0.6 is 0 Å². The van der Waals surface area contributed by atoms with Gasteiger partial charge in [-0.3, -0.25) is 14.5 Å². The van der Waals surface area contributed by atoms with Crippen molar-refractivity contribution in [1.29, 1.82) is 0 Å². The number of hydrogen-bond acceptors (Lipinski definition) is 5. The molecule has 98 valence electrons. The third kappa shape index (κ3) is 2.26. The van der Waals surface area contributed by atoms with Gasteiger partial charge in [0.2, 0.25) is 0 Å². The number of aromatic nitrogens is 4. The minimum Gasteiger partial charge on any atom is -0.383 e. The predicted octanol–water partition coefficient (Wildman–Crippen LogP) is 1.27. The molecule has 6 nitrogen and oxygen atoms in total. The summed E-state index contributed by atoms with van der Waals surface area (Å²) in [5.41, 5.74) is 7.17. The molecular formula is C14H11N5O. The molecule has 0 radical (unpaired) electrons. The Morgan fingerprint density at radius 2 is 1.85 bits per heavy atom. The molecule has 0 saturated carbocycles. The third-order valence-electron chi connectivity index (χ3n) is 2.78. The van der Waals surface area contributed by atoms with Crippen LogP contribution in [0.4, 0.5) is 5.82 Å². The van der Waals surface area contributed by atoms with Gasteiger partial charge in [-0.2, -0.15) is 4.98 Å². The van der Waals surface area contributed by atoms with E-state index in [0.29, 0.717) is 5.69 Å². The molecule has 0 saturated heterocycles. The molecule has 3 heterocycles. The lowest BCUT2D eigenvalue weighted by molar-refractivity contribution is 0.913. The maximum atomic E-state index is 11.7. The van der Waals surface area contributed by atoms with Crippen LogP contribution in [-0.4, -0.2) is 19.5 Å². The van der Waals surface area contributed by atoms with E-state index in [1.165, 1.54) is 4.57 Å². The van der Waals surface area contributed by atoms with Crippen LogP contribution in [0, 0.1) is 0 Å². The number of hydrogen-bond donors (Lipinski definition) is 1.